The summed E-state index contributed by atoms with van der Waals surface area (Å²) in [5, 5.41) is 7.10. The molecule has 4 nitrogen and oxygen atoms in total. The molecule has 1 aromatic rings. The van der Waals surface area contributed by atoms with Crippen LogP contribution in [0, 0.1) is 5.92 Å². The zero-order valence-electron chi connectivity index (χ0n) is 10.4. The Morgan fingerprint density at radius 1 is 1.56 bits per heavy atom. The first-order valence-corrected chi connectivity index (χ1v) is 6.02. The van der Waals surface area contributed by atoms with Gasteiger partial charge in [-0.05, 0) is 26.3 Å². The van der Waals surface area contributed by atoms with Crippen molar-refractivity contribution in [3.05, 3.63) is 17.5 Å². The summed E-state index contributed by atoms with van der Waals surface area (Å²) in [6, 6.07) is 2.71. The van der Waals surface area contributed by atoms with Crippen molar-refractivity contribution in [3.8, 4) is 0 Å². The largest absolute Gasteiger partial charge is 0.360 e. The summed E-state index contributed by atoms with van der Waals surface area (Å²) in [5.41, 5.74) is 0.984. The van der Waals surface area contributed by atoms with E-state index in [1.807, 2.05) is 13.1 Å². The van der Waals surface area contributed by atoms with Crippen molar-refractivity contribution in [1.82, 2.24) is 15.4 Å². The lowest BCUT2D eigenvalue weighted by Gasteiger charge is -2.18. The van der Waals surface area contributed by atoms with Gasteiger partial charge in [-0.1, -0.05) is 12.1 Å². The normalized spacial score (nSPS) is 26.4. The van der Waals surface area contributed by atoms with E-state index in [-0.39, 0.29) is 0 Å². The van der Waals surface area contributed by atoms with Crippen LogP contribution >= 0.6 is 0 Å². The number of hydrogen-bond donors (Lipinski definition) is 1. The second kappa shape index (κ2) is 4.97. The number of nitrogens with zero attached hydrogens (tertiary/aromatic N) is 2. The van der Waals surface area contributed by atoms with Crippen molar-refractivity contribution < 1.29 is 4.52 Å². The lowest BCUT2D eigenvalue weighted by atomic mass is 10.1. The molecule has 2 unspecified atom stereocenters. The third-order valence-electron chi connectivity index (χ3n) is 3.24. The van der Waals surface area contributed by atoms with Gasteiger partial charge in [0.15, 0.2) is 5.76 Å². The number of nitrogens with one attached hydrogen (secondary N) is 1. The summed E-state index contributed by atoms with van der Waals surface area (Å²) in [7, 11) is 1.92. The fourth-order valence-electron chi connectivity index (χ4n) is 2.50. The first kappa shape index (κ1) is 11.6. The molecule has 4 heteroatoms. The summed E-state index contributed by atoms with van der Waals surface area (Å²) in [4.78, 5) is 2.47. The SMILES string of the molecule is CNCc1cc(CN2CC(C)CC2C)on1. The molecule has 1 aliphatic rings. The van der Waals surface area contributed by atoms with Crippen LogP contribution in [0.15, 0.2) is 10.6 Å². The van der Waals surface area contributed by atoms with Crippen LogP contribution in [-0.4, -0.2) is 29.7 Å². The monoisotopic (exact) mass is 223 g/mol. The molecule has 0 spiro atoms. The van der Waals surface area contributed by atoms with Crippen LogP contribution in [0.3, 0.4) is 0 Å². The molecule has 0 amide bonds. The maximum atomic E-state index is 5.33. The van der Waals surface area contributed by atoms with Gasteiger partial charge < -0.3 is 9.84 Å². The minimum Gasteiger partial charge on any atom is -0.360 e. The van der Waals surface area contributed by atoms with Crippen LogP contribution < -0.4 is 5.32 Å². The molecule has 0 radical (unpaired) electrons. The molecule has 0 aliphatic carbocycles. The highest BCUT2D eigenvalue weighted by Crippen LogP contribution is 2.24. The second-order valence-corrected chi connectivity index (χ2v) is 4.93. The summed E-state index contributed by atoms with van der Waals surface area (Å²) in [6.07, 6.45) is 1.29. The number of likely N-dealkylation sites (tertiary alicyclic amines) is 1. The second-order valence-electron chi connectivity index (χ2n) is 4.93. The topological polar surface area (TPSA) is 41.3 Å². The van der Waals surface area contributed by atoms with E-state index in [0.29, 0.717) is 6.04 Å². The van der Waals surface area contributed by atoms with Crippen molar-refractivity contribution in [2.45, 2.75) is 39.4 Å². The summed E-state index contributed by atoms with van der Waals surface area (Å²) >= 11 is 0. The number of aromatic nitrogens is 1. The molecular weight excluding hydrogens is 202 g/mol. The van der Waals surface area contributed by atoms with Gasteiger partial charge in [-0.15, -0.1) is 0 Å². The van der Waals surface area contributed by atoms with Gasteiger partial charge in [0.25, 0.3) is 0 Å². The van der Waals surface area contributed by atoms with Crippen molar-refractivity contribution in [2.24, 2.45) is 5.92 Å². The zero-order chi connectivity index (χ0) is 11.5. The Labute approximate surface area is 97.0 Å². The van der Waals surface area contributed by atoms with Gasteiger partial charge in [-0.2, -0.15) is 0 Å². The highest BCUT2D eigenvalue weighted by Gasteiger charge is 2.26. The van der Waals surface area contributed by atoms with Gasteiger partial charge in [0, 0.05) is 25.2 Å². The molecule has 0 saturated carbocycles. The highest BCUT2D eigenvalue weighted by atomic mass is 16.5. The van der Waals surface area contributed by atoms with Crippen LogP contribution in [0.25, 0.3) is 0 Å². The molecule has 1 aliphatic heterocycles. The Hall–Kier alpha value is -0.870. The molecule has 2 heterocycles. The first-order chi connectivity index (χ1) is 7.69. The van der Waals surface area contributed by atoms with Gasteiger partial charge in [-0.25, -0.2) is 0 Å². The minimum atomic E-state index is 0.660. The molecule has 1 aromatic heterocycles. The van der Waals surface area contributed by atoms with E-state index in [1.165, 1.54) is 13.0 Å². The maximum absolute atomic E-state index is 5.33. The van der Waals surface area contributed by atoms with Crippen molar-refractivity contribution in [3.63, 3.8) is 0 Å². The average Bonchev–Trinajstić information content (AvgIpc) is 2.76. The molecule has 0 bridgehead atoms. The zero-order valence-corrected chi connectivity index (χ0v) is 10.4. The van der Waals surface area contributed by atoms with Crippen LogP contribution in [0.5, 0.6) is 0 Å². The molecule has 16 heavy (non-hydrogen) atoms. The van der Waals surface area contributed by atoms with E-state index in [4.69, 9.17) is 4.52 Å². The Kier molecular flexibility index (Phi) is 3.61. The highest BCUT2D eigenvalue weighted by molar-refractivity contribution is 5.05. The van der Waals surface area contributed by atoms with E-state index >= 15 is 0 Å². The predicted octanol–water partition coefficient (Wildman–Crippen LogP) is 1.62. The molecule has 0 aromatic carbocycles. The molecule has 1 saturated heterocycles. The Morgan fingerprint density at radius 3 is 3.00 bits per heavy atom. The third kappa shape index (κ3) is 2.62. The van der Waals surface area contributed by atoms with Crippen LogP contribution in [0.1, 0.15) is 31.7 Å². The minimum absolute atomic E-state index is 0.660. The van der Waals surface area contributed by atoms with E-state index in [1.54, 1.807) is 0 Å². The van der Waals surface area contributed by atoms with Crippen LogP contribution in [-0.2, 0) is 13.1 Å². The predicted molar refractivity (Wildman–Crippen MR) is 62.9 cm³/mol. The summed E-state index contributed by atoms with van der Waals surface area (Å²) in [6.45, 7) is 7.43. The fraction of sp³-hybridized carbons (Fsp3) is 0.750. The average molecular weight is 223 g/mol. The number of rotatable bonds is 4. The number of hydrogen-bond acceptors (Lipinski definition) is 4. The van der Waals surface area contributed by atoms with E-state index in [9.17, 15) is 0 Å². The van der Waals surface area contributed by atoms with Gasteiger partial charge in [0.1, 0.15) is 0 Å². The Balaban J connectivity index is 1.93. The Morgan fingerprint density at radius 2 is 2.38 bits per heavy atom. The van der Waals surface area contributed by atoms with Crippen molar-refractivity contribution in [1.29, 1.82) is 0 Å². The fourth-order valence-corrected chi connectivity index (χ4v) is 2.50. The lowest BCUT2D eigenvalue weighted by Crippen LogP contribution is -2.26. The van der Waals surface area contributed by atoms with Crippen LogP contribution in [0.4, 0.5) is 0 Å². The molecule has 90 valence electrons. The third-order valence-corrected chi connectivity index (χ3v) is 3.24. The van der Waals surface area contributed by atoms with E-state index in [2.05, 4.69) is 29.2 Å². The van der Waals surface area contributed by atoms with Crippen LogP contribution in [0.2, 0.25) is 0 Å². The van der Waals surface area contributed by atoms with E-state index in [0.717, 1.165) is 30.5 Å². The first-order valence-electron chi connectivity index (χ1n) is 6.02. The molecule has 2 rings (SSSR count). The molecular formula is C12H21N3O. The van der Waals surface area contributed by atoms with Crippen molar-refractivity contribution in [2.75, 3.05) is 13.6 Å². The quantitative estimate of drug-likeness (QED) is 0.842. The van der Waals surface area contributed by atoms with Gasteiger partial charge in [0.2, 0.25) is 0 Å². The van der Waals surface area contributed by atoms with Gasteiger partial charge in [0.05, 0.1) is 12.2 Å². The maximum Gasteiger partial charge on any atom is 0.151 e. The summed E-state index contributed by atoms with van der Waals surface area (Å²) in [5.74, 6) is 1.78. The van der Waals surface area contributed by atoms with Gasteiger partial charge in [-0.3, -0.25) is 4.90 Å². The standard InChI is InChI=1S/C12H21N3O/c1-9-4-10(2)15(7-9)8-12-5-11(6-13-3)14-16-12/h5,9-10,13H,4,6-8H2,1-3H3. The Bertz CT molecular complexity index is 337. The summed E-state index contributed by atoms with van der Waals surface area (Å²) < 4.78 is 5.33. The van der Waals surface area contributed by atoms with Crippen molar-refractivity contribution >= 4 is 0 Å². The van der Waals surface area contributed by atoms with E-state index < -0.39 is 0 Å². The molecule has 1 N–H and O–H groups in total. The smallest absolute Gasteiger partial charge is 0.151 e. The lowest BCUT2D eigenvalue weighted by molar-refractivity contribution is 0.223. The van der Waals surface area contributed by atoms with Gasteiger partial charge >= 0.3 is 0 Å². The molecule has 1 fully saturated rings. The molecule has 2 atom stereocenters.